The maximum Gasteiger partial charge on any atom is 0.0637 e. The molecule has 4 fully saturated rings. The fourth-order valence-corrected chi connectivity index (χ4v) is 11.0. The number of ether oxygens (including phenoxy) is 3. The van der Waals surface area contributed by atoms with Crippen LogP contribution in [0.15, 0.2) is 0 Å². The Hall–Kier alpha value is -0.320. The molecule has 0 amide bonds. The van der Waals surface area contributed by atoms with Gasteiger partial charge in [-0.2, -0.15) is 0 Å². The molecular weight excluding hydrogens is 574 g/mol. The van der Waals surface area contributed by atoms with Gasteiger partial charge in [-0.15, -0.1) is 0 Å². The normalized spacial score (nSPS) is 37.9. The first-order valence-corrected chi connectivity index (χ1v) is 19.7. The molecule has 4 saturated carbocycles. The summed E-state index contributed by atoms with van der Waals surface area (Å²) in [6.45, 7) is 18.9. The molecular formula is C38H75N5O3. The number of nitrogens with two attached hydrogens (primary N) is 3. The minimum absolute atomic E-state index is 0.176. The first-order valence-electron chi connectivity index (χ1n) is 19.7. The predicted molar refractivity (Wildman–Crippen MR) is 191 cm³/mol. The van der Waals surface area contributed by atoms with Crippen molar-refractivity contribution < 1.29 is 14.2 Å². The third kappa shape index (κ3) is 9.07. The van der Waals surface area contributed by atoms with Gasteiger partial charge in [0.25, 0.3) is 0 Å². The number of hydrogen-bond donors (Lipinski definition) is 5. The number of nitrogens with one attached hydrogen (secondary N) is 2. The summed E-state index contributed by atoms with van der Waals surface area (Å²) in [5.41, 5.74) is 18.2. The topological polar surface area (TPSA) is 130 Å². The van der Waals surface area contributed by atoms with Crippen LogP contribution in [0, 0.1) is 46.3 Å². The second kappa shape index (κ2) is 19.2. The molecule has 11 atom stereocenters. The maximum absolute atomic E-state index is 7.01. The van der Waals surface area contributed by atoms with Gasteiger partial charge in [-0.25, -0.2) is 0 Å². The summed E-state index contributed by atoms with van der Waals surface area (Å²) < 4.78 is 20.3. The Morgan fingerprint density at radius 1 is 0.739 bits per heavy atom. The molecule has 0 saturated heterocycles. The van der Waals surface area contributed by atoms with Crippen LogP contribution < -0.4 is 27.8 Å². The average Bonchev–Trinajstić information content (AvgIpc) is 3.41. The summed E-state index contributed by atoms with van der Waals surface area (Å²) in [4.78, 5) is 0. The van der Waals surface area contributed by atoms with Crippen molar-refractivity contribution in [1.82, 2.24) is 10.6 Å². The smallest absolute Gasteiger partial charge is 0.0637 e. The Labute approximate surface area is 283 Å². The van der Waals surface area contributed by atoms with Gasteiger partial charge in [0.05, 0.1) is 18.3 Å². The SMILES string of the molecule is CCNCCCNCCC[C@@H](C)[C@H]1CC[C@H]2C3[C@H](OCCCN)CC4C[C@H](OCCCN)CC[C@]4(C)[C@H]3C[C@H](OCCCN)[C@]12C. The highest BCUT2D eigenvalue weighted by atomic mass is 16.5. The monoisotopic (exact) mass is 650 g/mol. The van der Waals surface area contributed by atoms with E-state index in [4.69, 9.17) is 31.4 Å². The van der Waals surface area contributed by atoms with E-state index in [9.17, 15) is 0 Å². The average molecular weight is 650 g/mol. The van der Waals surface area contributed by atoms with Gasteiger partial charge >= 0.3 is 0 Å². The van der Waals surface area contributed by atoms with E-state index in [-0.39, 0.29) is 5.41 Å². The summed E-state index contributed by atoms with van der Waals surface area (Å²) in [5.74, 6) is 3.88. The molecule has 0 aromatic carbocycles. The lowest BCUT2D eigenvalue weighted by Gasteiger charge is -2.65. The highest BCUT2D eigenvalue weighted by Gasteiger charge is 2.66. The molecule has 0 heterocycles. The van der Waals surface area contributed by atoms with Crippen LogP contribution in [-0.4, -0.2) is 83.9 Å². The largest absolute Gasteiger partial charge is 0.378 e. The summed E-state index contributed by atoms with van der Waals surface area (Å²) in [5, 5.41) is 7.13. The number of fused-ring (bicyclic) bond motifs is 5. The van der Waals surface area contributed by atoms with Gasteiger partial charge < -0.3 is 42.0 Å². The van der Waals surface area contributed by atoms with Gasteiger partial charge in [0.2, 0.25) is 0 Å². The molecule has 0 radical (unpaired) electrons. The van der Waals surface area contributed by atoms with Gasteiger partial charge in [-0.3, -0.25) is 0 Å². The predicted octanol–water partition coefficient (Wildman–Crippen LogP) is 5.07. The summed E-state index contributed by atoms with van der Waals surface area (Å²) in [7, 11) is 0. The fourth-order valence-electron chi connectivity index (χ4n) is 11.0. The van der Waals surface area contributed by atoms with Crippen molar-refractivity contribution in [3.05, 3.63) is 0 Å². The van der Waals surface area contributed by atoms with E-state index < -0.39 is 0 Å². The van der Waals surface area contributed by atoms with Crippen LogP contribution in [0.5, 0.6) is 0 Å². The van der Waals surface area contributed by atoms with Crippen molar-refractivity contribution in [3.63, 3.8) is 0 Å². The molecule has 2 unspecified atom stereocenters. The zero-order valence-corrected chi connectivity index (χ0v) is 30.4. The Kier molecular flexibility index (Phi) is 16.0. The lowest BCUT2D eigenvalue weighted by molar-refractivity contribution is -0.227. The minimum atomic E-state index is 0.176. The third-order valence-electron chi connectivity index (χ3n) is 13.5. The highest BCUT2D eigenvalue weighted by molar-refractivity contribution is 5.15. The molecule has 0 aliphatic heterocycles. The fraction of sp³-hybridized carbons (Fsp3) is 1.00. The molecule has 8 heteroatoms. The molecule has 8 nitrogen and oxygen atoms in total. The molecule has 4 rings (SSSR count). The van der Waals surface area contributed by atoms with E-state index in [0.717, 1.165) is 71.7 Å². The van der Waals surface area contributed by atoms with E-state index in [1.54, 1.807) is 0 Å². The van der Waals surface area contributed by atoms with Crippen molar-refractivity contribution in [2.24, 2.45) is 63.5 Å². The molecule has 270 valence electrons. The molecule has 46 heavy (non-hydrogen) atoms. The highest BCUT2D eigenvalue weighted by Crippen LogP contribution is 2.69. The van der Waals surface area contributed by atoms with Crippen LogP contribution >= 0.6 is 0 Å². The molecule has 8 N–H and O–H groups in total. The lowest BCUT2D eigenvalue weighted by Crippen LogP contribution is -2.63. The van der Waals surface area contributed by atoms with Crippen molar-refractivity contribution in [2.75, 3.05) is 65.6 Å². The lowest BCUT2D eigenvalue weighted by atomic mass is 9.43. The van der Waals surface area contributed by atoms with Crippen molar-refractivity contribution in [2.45, 2.75) is 129 Å². The van der Waals surface area contributed by atoms with E-state index >= 15 is 0 Å². The van der Waals surface area contributed by atoms with Crippen molar-refractivity contribution in [3.8, 4) is 0 Å². The molecule has 0 aromatic rings. The quantitative estimate of drug-likeness (QED) is 0.103. The Morgan fingerprint density at radius 2 is 1.41 bits per heavy atom. The summed E-state index contributed by atoms with van der Waals surface area (Å²) in [6.07, 6.45) is 16.1. The Bertz CT molecular complexity index is 851. The second-order valence-corrected chi connectivity index (χ2v) is 16.1. The van der Waals surface area contributed by atoms with Gasteiger partial charge in [0.15, 0.2) is 0 Å². The van der Waals surface area contributed by atoms with E-state index in [0.29, 0.717) is 78.9 Å². The second-order valence-electron chi connectivity index (χ2n) is 16.1. The van der Waals surface area contributed by atoms with Crippen molar-refractivity contribution >= 4 is 0 Å². The summed E-state index contributed by atoms with van der Waals surface area (Å²) >= 11 is 0. The van der Waals surface area contributed by atoms with Crippen LogP contribution in [0.4, 0.5) is 0 Å². The first-order chi connectivity index (χ1) is 22.3. The molecule has 0 aromatic heterocycles. The molecule has 4 aliphatic carbocycles. The van der Waals surface area contributed by atoms with Crippen LogP contribution in [0.3, 0.4) is 0 Å². The molecule has 0 bridgehead atoms. The van der Waals surface area contributed by atoms with Crippen LogP contribution in [0.25, 0.3) is 0 Å². The van der Waals surface area contributed by atoms with Gasteiger partial charge in [-0.05, 0) is 170 Å². The van der Waals surface area contributed by atoms with E-state index in [1.165, 1.54) is 57.8 Å². The van der Waals surface area contributed by atoms with Crippen molar-refractivity contribution in [1.29, 1.82) is 0 Å². The standard InChI is InChI=1S/C38H75N5O3/c1-5-42-20-10-21-43-19-6-11-28(2)31-12-13-32-36-33(27-35(38(31,32)4)46-24-9-18-41)37(3)15-14-30(44-22-7-16-39)25-29(37)26-34(36)45-23-8-17-40/h28-36,42-43H,5-27,39-41H2,1-4H3/t28-,29?,30-,31-,32+,33+,34-,35+,36?,37+,38-/m1/s1. The van der Waals surface area contributed by atoms with E-state index in [1.807, 2.05) is 0 Å². The molecule has 4 aliphatic rings. The van der Waals surface area contributed by atoms with Crippen LogP contribution in [0.2, 0.25) is 0 Å². The Balaban J connectivity index is 1.52. The number of hydrogen-bond acceptors (Lipinski definition) is 8. The minimum Gasteiger partial charge on any atom is -0.378 e. The maximum atomic E-state index is 7.01. The number of rotatable bonds is 22. The first kappa shape index (κ1) is 38.5. The van der Waals surface area contributed by atoms with Gasteiger partial charge in [0.1, 0.15) is 0 Å². The Morgan fingerprint density at radius 3 is 2.13 bits per heavy atom. The summed E-state index contributed by atoms with van der Waals surface area (Å²) in [6, 6.07) is 0. The molecule has 0 spiro atoms. The third-order valence-corrected chi connectivity index (χ3v) is 13.5. The zero-order chi connectivity index (χ0) is 33.0. The zero-order valence-electron chi connectivity index (χ0n) is 30.4. The van der Waals surface area contributed by atoms with Gasteiger partial charge in [-0.1, -0.05) is 27.7 Å². The van der Waals surface area contributed by atoms with Crippen LogP contribution in [0.1, 0.15) is 111 Å². The van der Waals surface area contributed by atoms with Crippen LogP contribution in [-0.2, 0) is 14.2 Å². The van der Waals surface area contributed by atoms with Gasteiger partial charge in [0, 0.05) is 25.2 Å². The van der Waals surface area contributed by atoms with E-state index in [2.05, 4.69) is 38.3 Å².